The number of aromatic nitrogens is 2. The molecule has 0 N–H and O–H groups in total. The molecule has 0 aliphatic heterocycles. The smallest absolute Gasteiger partial charge is 0.161 e. The quantitative estimate of drug-likeness (QED) is 0.152. The van der Waals surface area contributed by atoms with Gasteiger partial charge in [-0.15, -0.1) is 22.7 Å². The van der Waals surface area contributed by atoms with E-state index in [0.29, 0.717) is 0 Å². The highest BCUT2D eigenvalue weighted by Crippen LogP contribution is 2.48. The summed E-state index contributed by atoms with van der Waals surface area (Å²) in [5, 5.41) is 9.73. The van der Waals surface area contributed by atoms with E-state index in [2.05, 4.69) is 337 Å². The molecule has 6 heteroatoms. The van der Waals surface area contributed by atoms with Gasteiger partial charge in [0.2, 0.25) is 0 Å². The summed E-state index contributed by atoms with van der Waals surface area (Å²) >= 11 is 3.76. The second-order valence-corrected chi connectivity index (χ2v) is 26.3. The summed E-state index contributed by atoms with van der Waals surface area (Å²) < 4.78 is 23.5. The maximum absolute atomic E-state index is 6.79. The van der Waals surface area contributed by atoms with Crippen LogP contribution in [0.15, 0.2) is 336 Å². The van der Waals surface area contributed by atoms with Crippen LogP contribution in [0.4, 0.5) is 0 Å². The van der Waals surface area contributed by atoms with E-state index in [9.17, 15) is 0 Å². The van der Waals surface area contributed by atoms with E-state index in [4.69, 9.17) is 8.83 Å². The summed E-state index contributed by atoms with van der Waals surface area (Å²) in [6, 6.07) is 117. The molecule has 0 aliphatic carbocycles. The number of rotatable bonds is 8. The van der Waals surface area contributed by atoms with Gasteiger partial charge in [-0.05, 0) is 128 Å². The number of thiophene rings is 2. The lowest BCUT2D eigenvalue weighted by atomic mass is 9.97. The van der Waals surface area contributed by atoms with Crippen LogP contribution in [0, 0.1) is 0 Å². The predicted molar refractivity (Wildman–Crippen MR) is 400 cm³/mol. The molecule has 6 aromatic heterocycles. The monoisotopic (exact) mass is 1230 g/mol. The fraction of sp³-hybridized carbons (Fsp3) is 0. The number of hydrogen-bond donors (Lipinski definition) is 0. The second kappa shape index (κ2) is 22.0. The maximum Gasteiger partial charge on any atom is 0.161 e. The highest BCUT2D eigenvalue weighted by molar-refractivity contribution is 7.27. The number of benzene rings is 14. The number of para-hydroxylation sites is 6. The van der Waals surface area contributed by atoms with Crippen molar-refractivity contribution in [2.24, 2.45) is 0 Å². The number of furan rings is 2. The SMILES string of the molecule is c1ccc(-c2ccc3c(c2)sc2cc(-c4ccc(-c5cccc6c5oc5c7ccccc7n(-c7ccccc7)c65)cc4)ccc23)cc1.c1ccc(-c2cccc3c2sc2c(-c4ccc(-c5cccc6c5oc5c7ccccc7n(-c7ccccc7)c65)cc4)cccc23)cc1. The first-order valence-electron chi connectivity index (χ1n) is 31.9. The van der Waals surface area contributed by atoms with Crippen LogP contribution in [-0.4, -0.2) is 9.13 Å². The molecule has 94 heavy (non-hydrogen) atoms. The van der Waals surface area contributed by atoms with Gasteiger partial charge in [0.1, 0.15) is 22.2 Å². The average Bonchev–Trinajstić information content (AvgIpc) is 1.49. The number of nitrogens with zero attached hydrogens (tertiary/aromatic N) is 2. The molecule has 0 spiro atoms. The van der Waals surface area contributed by atoms with E-state index in [-0.39, 0.29) is 0 Å². The summed E-state index contributed by atoms with van der Waals surface area (Å²) in [4.78, 5) is 0. The molecular formula is C88H54N2O2S2. The maximum atomic E-state index is 6.79. The Morgan fingerprint density at radius 3 is 1.00 bits per heavy atom. The zero-order valence-corrected chi connectivity index (χ0v) is 52.3. The van der Waals surface area contributed by atoms with E-state index in [1.54, 1.807) is 0 Å². The molecule has 6 heterocycles. The molecule has 0 unspecified atom stereocenters. The Hall–Kier alpha value is -11.8. The Bertz CT molecular complexity index is 6310. The lowest BCUT2D eigenvalue weighted by Crippen LogP contribution is -1.92. The van der Waals surface area contributed by atoms with Crippen LogP contribution >= 0.6 is 22.7 Å². The van der Waals surface area contributed by atoms with Crippen molar-refractivity contribution in [1.29, 1.82) is 0 Å². The molecule has 0 amide bonds. The summed E-state index contributed by atoms with van der Waals surface area (Å²) in [6.45, 7) is 0. The molecular weight excluding hydrogens is 1180 g/mol. The minimum Gasteiger partial charge on any atom is -0.453 e. The first kappa shape index (κ1) is 54.0. The zero-order chi connectivity index (χ0) is 61.8. The lowest BCUT2D eigenvalue weighted by Gasteiger charge is -2.08. The standard InChI is InChI=1S/2C44H27NOS/c1-3-12-28(13-4-1)33-18-10-20-35-36-21-11-19-34(44(36)47-43(33)35)30-26-24-29(25-27-30)32-17-9-22-38-40-42(46-41(32)38)37-16-7-8-23-39(37)45(40)31-14-5-2-6-15-31;1-3-10-28(11-4-1)31-22-24-35-36-25-23-32(27-41(36)47-40(35)26-31)29-18-20-30(21-19-29)34-15-9-16-38-42-44(46-43(34)38)37-14-7-8-17-39(37)45(42)33-12-5-2-6-13-33/h2*1-27H. The second-order valence-electron chi connectivity index (χ2n) is 24.2. The van der Waals surface area contributed by atoms with E-state index in [0.717, 1.165) is 99.6 Å². The number of hydrogen-bond acceptors (Lipinski definition) is 4. The largest absolute Gasteiger partial charge is 0.453 e. The molecule has 20 aromatic rings. The van der Waals surface area contributed by atoms with E-state index >= 15 is 0 Å². The average molecular weight is 1240 g/mol. The fourth-order valence-corrected chi connectivity index (χ4v) is 17.0. The highest BCUT2D eigenvalue weighted by atomic mass is 32.1. The van der Waals surface area contributed by atoms with Gasteiger partial charge in [0.15, 0.2) is 11.2 Å². The molecule has 0 radical (unpaired) electrons. The van der Waals surface area contributed by atoms with Gasteiger partial charge in [0.05, 0.1) is 11.0 Å². The molecule has 0 aliphatic rings. The van der Waals surface area contributed by atoms with Crippen molar-refractivity contribution < 1.29 is 8.83 Å². The van der Waals surface area contributed by atoms with Gasteiger partial charge in [0.25, 0.3) is 0 Å². The van der Waals surface area contributed by atoms with Crippen LogP contribution < -0.4 is 0 Å². The first-order valence-corrected chi connectivity index (χ1v) is 33.5. The Labute approximate surface area is 548 Å². The molecule has 0 saturated carbocycles. The van der Waals surface area contributed by atoms with Crippen molar-refractivity contribution in [2.45, 2.75) is 0 Å². The van der Waals surface area contributed by atoms with Gasteiger partial charge in [-0.1, -0.05) is 255 Å². The van der Waals surface area contributed by atoms with Crippen LogP contribution in [-0.2, 0) is 0 Å². The van der Waals surface area contributed by atoms with E-state index in [1.165, 1.54) is 84.9 Å². The van der Waals surface area contributed by atoms with Crippen LogP contribution in [0.2, 0.25) is 0 Å². The molecule has 0 saturated heterocycles. The Morgan fingerprint density at radius 2 is 0.543 bits per heavy atom. The van der Waals surface area contributed by atoms with Gasteiger partial charge in [0, 0.05) is 84.4 Å². The summed E-state index contributed by atoms with van der Waals surface area (Å²) in [6.07, 6.45) is 0. The van der Waals surface area contributed by atoms with Crippen LogP contribution in [0.3, 0.4) is 0 Å². The minimum atomic E-state index is 0.917. The zero-order valence-electron chi connectivity index (χ0n) is 50.7. The third kappa shape index (κ3) is 8.72. The van der Waals surface area contributed by atoms with Gasteiger partial charge in [-0.25, -0.2) is 0 Å². The molecule has 0 atom stereocenters. The van der Waals surface area contributed by atoms with E-state index < -0.39 is 0 Å². The molecule has 0 bridgehead atoms. The van der Waals surface area contributed by atoms with Crippen molar-refractivity contribution in [3.05, 3.63) is 328 Å². The molecule has 20 rings (SSSR count). The number of fused-ring (bicyclic) bond motifs is 16. The third-order valence-corrected chi connectivity index (χ3v) is 21.3. The fourth-order valence-electron chi connectivity index (χ4n) is 14.5. The van der Waals surface area contributed by atoms with Crippen LogP contribution in [0.1, 0.15) is 0 Å². The van der Waals surface area contributed by atoms with Crippen LogP contribution in [0.25, 0.3) is 184 Å². The molecule has 14 aromatic carbocycles. The summed E-state index contributed by atoms with van der Waals surface area (Å²) in [5.74, 6) is 0. The van der Waals surface area contributed by atoms with Crippen molar-refractivity contribution in [2.75, 3.05) is 0 Å². The highest BCUT2D eigenvalue weighted by Gasteiger charge is 2.24. The predicted octanol–water partition coefficient (Wildman–Crippen LogP) is 25.8. The van der Waals surface area contributed by atoms with Gasteiger partial charge < -0.3 is 18.0 Å². The Morgan fingerprint density at radius 1 is 0.213 bits per heavy atom. The Kier molecular flexibility index (Phi) is 12.6. The first-order chi connectivity index (χ1) is 46.6. The van der Waals surface area contributed by atoms with Gasteiger partial charge >= 0.3 is 0 Å². The minimum absolute atomic E-state index is 0.917. The van der Waals surface area contributed by atoms with Gasteiger partial charge in [-0.3, -0.25) is 0 Å². The topological polar surface area (TPSA) is 36.1 Å². The normalized spacial score (nSPS) is 11.8. The van der Waals surface area contributed by atoms with Gasteiger partial charge in [-0.2, -0.15) is 0 Å². The third-order valence-electron chi connectivity index (χ3n) is 18.9. The Balaban J connectivity index is 0.000000133. The molecule has 0 fully saturated rings. The molecule has 440 valence electrons. The molecule has 4 nitrogen and oxygen atoms in total. The van der Waals surface area contributed by atoms with Crippen molar-refractivity contribution in [3.8, 4) is 78.1 Å². The summed E-state index contributed by atoms with van der Waals surface area (Å²) in [7, 11) is 0. The van der Waals surface area contributed by atoms with Crippen molar-refractivity contribution in [1.82, 2.24) is 9.13 Å². The lowest BCUT2D eigenvalue weighted by molar-refractivity contribution is 0.673. The van der Waals surface area contributed by atoms with Crippen LogP contribution in [0.5, 0.6) is 0 Å². The van der Waals surface area contributed by atoms with Crippen molar-refractivity contribution in [3.63, 3.8) is 0 Å². The van der Waals surface area contributed by atoms with Crippen molar-refractivity contribution >= 4 is 129 Å². The summed E-state index contributed by atoms with van der Waals surface area (Å²) in [5.41, 5.74) is 24.9. The van der Waals surface area contributed by atoms with E-state index in [1.807, 2.05) is 22.7 Å².